The lowest BCUT2D eigenvalue weighted by molar-refractivity contribution is -0.123. The molecule has 0 unspecified atom stereocenters. The Hall–Kier alpha value is -2.61. The predicted octanol–water partition coefficient (Wildman–Crippen LogP) is 3.03. The van der Waals surface area contributed by atoms with Gasteiger partial charge in [0.05, 0.1) is 17.8 Å². The maximum atomic E-state index is 11.8. The average molecular weight is 323 g/mol. The van der Waals surface area contributed by atoms with Crippen LogP contribution in [0.3, 0.4) is 0 Å². The van der Waals surface area contributed by atoms with Crippen LogP contribution in [0.25, 0.3) is 0 Å². The lowest BCUT2D eigenvalue weighted by Crippen LogP contribution is -2.48. The average Bonchev–Trinajstić information content (AvgIpc) is 2.60. The molecule has 4 rings (SSSR count). The van der Waals surface area contributed by atoms with Gasteiger partial charge in [0.2, 0.25) is 0 Å². The third kappa shape index (κ3) is 3.18. The van der Waals surface area contributed by atoms with Crippen LogP contribution in [0.4, 0.5) is 0 Å². The molecule has 1 amide bonds. The van der Waals surface area contributed by atoms with Crippen LogP contribution in [0.15, 0.2) is 41.0 Å². The first-order chi connectivity index (χ1) is 11.5. The van der Waals surface area contributed by atoms with Crippen LogP contribution >= 0.6 is 0 Å². The molecular weight excluding hydrogens is 302 g/mol. The summed E-state index contributed by atoms with van der Waals surface area (Å²) in [6, 6.07) is 8.65. The Morgan fingerprint density at radius 2 is 2.21 bits per heavy atom. The highest BCUT2D eigenvalue weighted by atomic mass is 16.5. The lowest BCUT2D eigenvalue weighted by Gasteiger charge is -2.55. The first-order valence-corrected chi connectivity index (χ1v) is 8.15. The second-order valence-corrected chi connectivity index (χ2v) is 6.96. The van der Waals surface area contributed by atoms with Crippen molar-refractivity contribution < 1.29 is 9.53 Å². The zero-order valence-electron chi connectivity index (χ0n) is 14.0. The summed E-state index contributed by atoms with van der Waals surface area (Å²) in [5.41, 5.74) is 4.62. The molecule has 1 N–H and O–H groups in total. The van der Waals surface area contributed by atoms with Gasteiger partial charge in [-0.05, 0) is 59.9 Å². The second-order valence-electron chi connectivity index (χ2n) is 6.96. The predicted molar refractivity (Wildman–Crippen MR) is 91.4 cm³/mol. The van der Waals surface area contributed by atoms with Crippen LogP contribution in [-0.4, -0.2) is 18.7 Å². The fourth-order valence-corrected chi connectivity index (χ4v) is 3.53. The molecule has 124 valence electrons. The zero-order chi connectivity index (χ0) is 17.2. The van der Waals surface area contributed by atoms with E-state index in [2.05, 4.69) is 30.5 Å². The third-order valence-corrected chi connectivity index (χ3v) is 5.27. The first kappa shape index (κ1) is 16.3. The van der Waals surface area contributed by atoms with Gasteiger partial charge in [0, 0.05) is 0 Å². The highest BCUT2D eigenvalue weighted by molar-refractivity contribution is 5.83. The molecule has 0 aliphatic heterocycles. The smallest absolute Gasteiger partial charge is 0.277 e. The van der Waals surface area contributed by atoms with Crippen molar-refractivity contribution in [1.29, 1.82) is 5.26 Å². The summed E-state index contributed by atoms with van der Waals surface area (Å²) in [7, 11) is 0. The summed E-state index contributed by atoms with van der Waals surface area (Å²) in [6.45, 7) is 4.49. The van der Waals surface area contributed by atoms with Crippen LogP contribution < -0.4 is 10.2 Å². The van der Waals surface area contributed by atoms with Gasteiger partial charge in [-0.15, -0.1) is 0 Å². The molecule has 1 aromatic carbocycles. The van der Waals surface area contributed by atoms with Crippen LogP contribution in [0.2, 0.25) is 0 Å². The Kier molecular flexibility index (Phi) is 4.39. The van der Waals surface area contributed by atoms with E-state index in [-0.39, 0.29) is 12.5 Å². The maximum absolute atomic E-state index is 11.8. The quantitative estimate of drug-likeness (QED) is 0.668. The van der Waals surface area contributed by atoms with E-state index in [1.54, 1.807) is 30.5 Å². The summed E-state index contributed by atoms with van der Waals surface area (Å²) in [4.78, 5) is 11.8. The van der Waals surface area contributed by atoms with Crippen molar-refractivity contribution in [3.8, 4) is 11.8 Å². The molecule has 0 spiro atoms. The number of nitriles is 1. The van der Waals surface area contributed by atoms with Crippen molar-refractivity contribution in [3.63, 3.8) is 0 Å². The van der Waals surface area contributed by atoms with Crippen molar-refractivity contribution in [2.75, 3.05) is 6.61 Å². The third-order valence-electron chi connectivity index (χ3n) is 5.27. The molecule has 1 fully saturated rings. The first-order valence-electron chi connectivity index (χ1n) is 8.15. The van der Waals surface area contributed by atoms with Crippen molar-refractivity contribution in [2.24, 2.45) is 22.4 Å². The zero-order valence-corrected chi connectivity index (χ0v) is 14.0. The topological polar surface area (TPSA) is 74.5 Å². The summed E-state index contributed by atoms with van der Waals surface area (Å²) in [5, 5.41) is 12.8. The highest BCUT2D eigenvalue weighted by Gasteiger charge is 2.50. The van der Waals surface area contributed by atoms with Crippen LogP contribution in [-0.2, 0) is 4.79 Å². The summed E-state index contributed by atoms with van der Waals surface area (Å²) >= 11 is 0. The van der Waals surface area contributed by atoms with Gasteiger partial charge in [0.15, 0.2) is 6.61 Å². The number of rotatable bonds is 5. The lowest BCUT2D eigenvalue weighted by atomic mass is 9.49. The van der Waals surface area contributed by atoms with Crippen LogP contribution in [0.5, 0.6) is 5.75 Å². The Labute approximate surface area is 142 Å². The minimum Gasteiger partial charge on any atom is -0.484 e. The number of hydrogen-bond acceptors (Lipinski definition) is 4. The molecule has 2 bridgehead atoms. The van der Waals surface area contributed by atoms with E-state index in [1.165, 1.54) is 12.0 Å². The van der Waals surface area contributed by atoms with E-state index in [9.17, 15) is 4.79 Å². The molecule has 3 aliphatic rings. The fraction of sp³-hybridized carbons (Fsp3) is 0.421. The molecule has 3 aliphatic carbocycles. The molecule has 24 heavy (non-hydrogen) atoms. The summed E-state index contributed by atoms with van der Waals surface area (Å²) in [5.74, 6) is 1.57. The highest BCUT2D eigenvalue weighted by Crippen LogP contribution is 2.58. The van der Waals surface area contributed by atoms with Crippen molar-refractivity contribution >= 4 is 12.1 Å². The minimum absolute atomic E-state index is 0.112. The van der Waals surface area contributed by atoms with E-state index < -0.39 is 0 Å². The number of allylic oxidation sites excluding steroid dienone is 2. The molecule has 1 aromatic rings. The summed E-state index contributed by atoms with van der Waals surface area (Å²) < 4.78 is 5.36. The van der Waals surface area contributed by atoms with Crippen LogP contribution in [0, 0.1) is 28.6 Å². The van der Waals surface area contributed by atoms with E-state index in [0.717, 1.165) is 12.3 Å². The molecule has 5 heteroatoms. The monoisotopic (exact) mass is 323 g/mol. The summed E-state index contributed by atoms with van der Waals surface area (Å²) in [6.07, 6.45) is 6.32. The number of ether oxygens (including phenoxy) is 1. The second kappa shape index (κ2) is 6.48. The van der Waals surface area contributed by atoms with Gasteiger partial charge in [-0.3, -0.25) is 4.79 Å². The van der Waals surface area contributed by atoms with Gasteiger partial charge in [-0.2, -0.15) is 10.4 Å². The Morgan fingerprint density at radius 3 is 2.83 bits per heavy atom. The van der Waals surface area contributed by atoms with Crippen molar-refractivity contribution in [3.05, 3.63) is 41.5 Å². The van der Waals surface area contributed by atoms with Crippen molar-refractivity contribution in [2.45, 2.75) is 26.7 Å². The number of amides is 1. The van der Waals surface area contributed by atoms with Gasteiger partial charge >= 0.3 is 0 Å². The van der Waals surface area contributed by atoms with Gasteiger partial charge < -0.3 is 4.74 Å². The number of nitrogens with zero attached hydrogens (tertiary/aromatic N) is 2. The molecule has 0 aromatic heterocycles. The number of benzene rings is 1. The largest absolute Gasteiger partial charge is 0.484 e. The fourth-order valence-electron chi connectivity index (χ4n) is 3.53. The van der Waals surface area contributed by atoms with Crippen molar-refractivity contribution in [1.82, 2.24) is 5.43 Å². The van der Waals surface area contributed by atoms with E-state index in [4.69, 9.17) is 10.00 Å². The molecule has 0 radical (unpaired) electrons. The minimum atomic E-state index is -0.308. The number of hydrazone groups is 1. The molecule has 2 atom stereocenters. The molecule has 1 saturated carbocycles. The van der Waals surface area contributed by atoms with Gasteiger partial charge in [0.25, 0.3) is 5.91 Å². The Morgan fingerprint density at radius 1 is 1.46 bits per heavy atom. The van der Waals surface area contributed by atoms with E-state index in [1.807, 2.05) is 6.07 Å². The number of fused-ring (bicyclic) bond motifs is 1. The molecular formula is C19H21N3O2. The number of carbonyl (C=O) groups is 1. The van der Waals surface area contributed by atoms with Crippen LogP contribution in [0.1, 0.15) is 32.3 Å². The van der Waals surface area contributed by atoms with E-state index >= 15 is 0 Å². The maximum Gasteiger partial charge on any atom is 0.277 e. The standard InChI is InChI=1S/C19H21N3O2/c1-19(2)15-6-5-14(17(19)9-15)11-21-22-18(23)12-24-16-7-3-13(10-20)4-8-16/h3-5,7-8,11,15,17H,6,9,12H2,1-2H3,(H,22,23)/t15-,17+/m0/s1. The molecule has 0 saturated heterocycles. The van der Waals surface area contributed by atoms with E-state index in [0.29, 0.717) is 22.6 Å². The number of carbonyl (C=O) groups excluding carboxylic acids is 1. The normalized spacial score (nSPS) is 23.8. The van der Waals surface area contributed by atoms with Gasteiger partial charge in [-0.1, -0.05) is 19.9 Å². The SMILES string of the molecule is CC1(C)[C@H]2CC=C(C=NNC(=O)COc3ccc(C#N)cc3)[C@H]1C2. The van der Waals surface area contributed by atoms with Gasteiger partial charge in [-0.25, -0.2) is 5.43 Å². The Balaban J connectivity index is 1.46. The number of nitrogens with one attached hydrogen (secondary N) is 1. The molecule has 5 nitrogen and oxygen atoms in total. The Bertz CT molecular complexity index is 726. The number of hydrogen-bond donors (Lipinski definition) is 1. The van der Waals surface area contributed by atoms with Gasteiger partial charge in [0.1, 0.15) is 5.75 Å². The molecule has 0 heterocycles.